The van der Waals surface area contributed by atoms with Crippen LogP contribution in [0.1, 0.15) is 11.7 Å². The van der Waals surface area contributed by atoms with Crippen LogP contribution in [0.15, 0.2) is 28.8 Å². The standard InChI is InChI=1S/C16H17FN4O4/c1-10-19-14(25-20-10)6-18-16(23)11-7-21(8-11)15(22)9-24-13-5-3-2-4-12(13)17/h2-5,11H,6-9H2,1H3,(H,18,23). The van der Waals surface area contributed by atoms with Gasteiger partial charge in [0, 0.05) is 13.1 Å². The number of hydrogen-bond donors (Lipinski definition) is 1. The molecule has 2 heterocycles. The first kappa shape index (κ1) is 16.9. The van der Waals surface area contributed by atoms with Crippen LogP contribution in [0.4, 0.5) is 4.39 Å². The van der Waals surface area contributed by atoms with Crippen LogP contribution in [-0.4, -0.2) is 46.6 Å². The zero-order valence-electron chi connectivity index (χ0n) is 13.6. The fourth-order valence-electron chi connectivity index (χ4n) is 2.36. The quantitative estimate of drug-likeness (QED) is 0.824. The van der Waals surface area contributed by atoms with E-state index in [1.54, 1.807) is 13.0 Å². The first-order valence-corrected chi connectivity index (χ1v) is 7.75. The Labute approximate surface area is 142 Å². The fraction of sp³-hybridized carbons (Fsp3) is 0.375. The van der Waals surface area contributed by atoms with E-state index in [0.717, 1.165) is 0 Å². The van der Waals surface area contributed by atoms with E-state index < -0.39 is 5.82 Å². The molecule has 2 amide bonds. The molecule has 25 heavy (non-hydrogen) atoms. The minimum Gasteiger partial charge on any atom is -0.481 e. The maximum atomic E-state index is 13.4. The summed E-state index contributed by atoms with van der Waals surface area (Å²) in [7, 11) is 0. The SMILES string of the molecule is Cc1noc(CNC(=O)C2CN(C(=O)COc3ccccc3F)C2)n1. The van der Waals surface area contributed by atoms with E-state index in [0.29, 0.717) is 24.8 Å². The Kier molecular flexibility index (Phi) is 4.92. The molecule has 0 saturated carbocycles. The van der Waals surface area contributed by atoms with Gasteiger partial charge in [-0.3, -0.25) is 9.59 Å². The van der Waals surface area contributed by atoms with Crippen LogP contribution in [0, 0.1) is 18.7 Å². The number of amides is 2. The molecule has 3 rings (SSSR count). The predicted molar refractivity (Wildman–Crippen MR) is 82.8 cm³/mol. The molecule has 0 aliphatic carbocycles. The summed E-state index contributed by atoms with van der Waals surface area (Å²) in [6.07, 6.45) is 0. The van der Waals surface area contributed by atoms with E-state index in [2.05, 4.69) is 15.5 Å². The molecule has 2 aromatic rings. The number of halogens is 1. The zero-order chi connectivity index (χ0) is 17.8. The van der Waals surface area contributed by atoms with Gasteiger partial charge in [-0.2, -0.15) is 4.98 Å². The van der Waals surface area contributed by atoms with Crippen LogP contribution in [-0.2, 0) is 16.1 Å². The van der Waals surface area contributed by atoms with Crippen LogP contribution in [0.25, 0.3) is 0 Å². The highest BCUT2D eigenvalue weighted by Crippen LogP contribution is 2.18. The molecular formula is C16H17FN4O4. The van der Waals surface area contributed by atoms with Crippen LogP contribution in [0.3, 0.4) is 0 Å². The Hall–Kier alpha value is -2.97. The van der Waals surface area contributed by atoms with Crippen molar-refractivity contribution in [1.29, 1.82) is 0 Å². The molecule has 0 unspecified atom stereocenters. The lowest BCUT2D eigenvalue weighted by Crippen LogP contribution is -2.56. The van der Waals surface area contributed by atoms with Gasteiger partial charge in [-0.15, -0.1) is 0 Å². The predicted octanol–water partition coefficient (Wildman–Crippen LogP) is 0.671. The van der Waals surface area contributed by atoms with E-state index in [9.17, 15) is 14.0 Å². The average Bonchev–Trinajstić information content (AvgIpc) is 2.96. The number of hydrogen-bond acceptors (Lipinski definition) is 6. The van der Waals surface area contributed by atoms with E-state index >= 15 is 0 Å². The largest absolute Gasteiger partial charge is 0.481 e. The van der Waals surface area contributed by atoms with E-state index in [1.807, 2.05) is 0 Å². The summed E-state index contributed by atoms with van der Waals surface area (Å²) in [5.41, 5.74) is 0. The number of nitrogens with one attached hydrogen (secondary N) is 1. The van der Waals surface area contributed by atoms with Crippen molar-refractivity contribution in [1.82, 2.24) is 20.4 Å². The molecule has 1 saturated heterocycles. The monoisotopic (exact) mass is 348 g/mol. The number of para-hydroxylation sites is 1. The molecule has 0 radical (unpaired) electrons. The summed E-state index contributed by atoms with van der Waals surface area (Å²) < 4.78 is 23.5. The molecule has 0 atom stereocenters. The molecule has 9 heteroatoms. The van der Waals surface area contributed by atoms with Crippen molar-refractivity contribution in [2.24, 2.45) is 5.92 Å². The van der Waals surface area contributed by atoms with Gasteiger partial charge in [0.1, 0.15) is 0 Å². The Morgan fingerprint density at radius 1 is 1.40 bits per heavy atom. The van der Waals surface area contributed by atoms with Crippen molar-refractivity contribution in [2.45, 2.75) is 13.5 Å². The van der Waals surface area contributed by atoms with Crippen molar-refractivity contribution in [3.05, 3.63) is 41.8 Å². The minimum atomic E-state index is -0.521. The van der Waals surface area contributed by atoms with Gasteiger partial charge in [0.2, 0.25) is 11.8 Å². The van der Waals surface area contributed by atoms with Crippen molar-refractivity contribution >= 4 is 11.8 Å². The number of rotatable bonds is 6. The van der Waals surface area contributed by atoms with Crippen LogP contribution in [0.5, 0.6) is 5.75 Å². The third kappa shape index (κ3) is 4.11. The first-order valence-electron chi connectivity index (χ1n) is 7.75. The van der Waals surface area contributed by atoms with E-state index in [4.69, 9.17) is 9.26 Å². The Morgan fingerprint density at radius 3 is 2.84 bits per heavy atom. The van der Waals surface area contributed by atoms with Crippen molar-refractivity contribution in [3.8, 4) is 5.75 Å². The molecule has 1 N–H and O–H groups in total. The summed E-state index contributed by atoms with van der Waals surface area (Å²) >= 11 is 0. The number of ether oxygens (including phenoxy) is 1. The van der Waals surface area contributed by atoms with Gasteiger partial charge < -0.3 is 19.5 Å². The lowest BCUT2D eigenvalue weighted by Gasteiger charge is -2.38. The molecule has 1 aliphatic rings. The molecule has 0 spiro atoms. The van der Waals surface area contributed by atoms with Crippen LogP contribution in [0.2, 0.25) is 0 Å². The van der Waals surface area contributed by atoms with Gasteiger partial charge >= 0.3 is 0 Å². The maximum absolute atomic E-state index is 13.4. The third-order valence-corrected chi connectivity index (χ3v) is 3.78. The summed E-state index contributed by atoms with van der Waals surface area (Å²) in [6, 6.07) is 5.87. The molecule has 1 aromatic carbocycles. The highest BCUT2D eigenvalue weighted by molar-refractivity contribution is 5.85. The number of likely N-dealkylation sites (tertiary alicyclic amines) is 1. The number of benzene rings is 1. The summed E-state index contributed by atoms with van der Waals surface area (Å²) in [5.74, 6) is -0.431. The van der Waals surface area contributed by atoms with E-state index in [1.165, 1.54) is 23.1 Å². The smallest absolute Gasteiger partial charge is 0.260 e. The Morgan fingerprint density at radius 2 is 2.16 bits per heavy atom. The first-order chi connectivity index (χ1) is 12.0. The van der Waals surface area contributed by atoms with Crippen molar-refractivity contribution in [2.75, 3.05) is 19.7 Å². The molecule has 132 valence electrons. The second kappa shape index (κ2) is 7.29. The molecule has 1 aliphatic heterocycles. The van der Waals surface area contributed by atoms with Crippen molar-refractivity contribution in [3.63, 3.8) is 0 Å². The van der Waals surface area contributed by atoms with Gasteiger partial charge in [-0.1, -0.05) is 17.3 Å². The Bertz CT molecular complexity index is 773. The molecule has 0 bridgehead atoms. The summed E-state index contributed by atoms with van der Waals surface area (Å²) in [6.45, 7) is 2.17. The van der Waals surface area contributed by atoms with E-state index in [-0.39, 0.29) is 36.6 Å². The highest BCUT2D eigenvalue weighted by atomic mass is 19.1. The van der Waals surface area contributed by atoms with Gasteiger partial charge in [0.05, 0.1) is 12.5 Å². The Balaban J connectivity index is 1.38. The summed E-state index contributed by atoms with van der Waals surface area (Å²) in [5, 5.41) is 6.31. The fourth-order valence-corrected chi connectivity index (χ4v) is 2.36. The van der Waals surface area contributed by atoms with Gasteiger partial charge in [-0.05, 0) is 19.1 Å². The lowest BCUT2D eigenvalue weighted by atomic mass is 9.99. The highest BCUT2D eigenvalue weighted by Gasteiger charge is 2.35. The third-order valence-electron chi connectivity index (χ3n) is 3.78. The maximum Gasteiger partial charge on any atom is 0.260 e. The molecule has 1 aromatic heterocycles. The van der Waals surface area contributed by atoms with Crippen LogP contribution >= 0.6 is 0 Å². The van der Waals surface area contributed by atoms with Gasteiger partial charge in [0.25, 0.3) is 5.91 Å². The number of aryl methyl sites for hydroxylation is 1. The molecule has 1 fully saturated rings. The number of nitrogens with zero attached hydrogens (tertiary/aromatic N) is 3. The molecular weight excluding hydrogens is 331 g/mol. The van der Waals surface area contributed by atoms with Gasteiger partial charge in [-0.25, -0.2) is 4.39 Å². The molecule has 8 nitrogen and oxygen atoms in total. The normalized spacial score (nSPS) is 14.1. The zero-order valence-corrected chi connectivity index (χ0v) is 13.6. The second-order valence-corrected chi connectivity index (χ2v) is 5.67. The van der Waals surface area contributed by atoms with Crippen LogP contribution < -0.4 is 10.1 Å². The lowest BCUT2D eigenvalue weighted by molar-refractivity contribution is -0.144. The minimum absolute atomic E-state index is 0.0283. The number of aromatic nitrogens is 2. The average molecular weight is 348 g/mol. The second-order valence-electron chi connectivity index (χ2n) is 5.67. The summed E-state index contributed by atoms with van der Waals surface area (Å²) in [4.78, 5) is 29.4. The topological polar surface area (TPSA) is 97.6 Å². The van der Waals surface area contributed by atoms with Crippen molar-refractivity contribution < 1.29 is 23.2 Å². The van der Waals surface area contributed by atoms with Gasteiger partial charge in [0.15, 0.2) is 24.0 Å². The number of carbonyl (C=O) groups is 2. The number of carbonyl (C=O) groups excluding carboxylic acids is 2.